The Morgan fingerprint density at radius 1 is 1.38 bits per heavy atom. The molecule has 0 aliphatic heterocycles. The first-order chi connectivity index (χ1) is 6.27. The Bertz CT molecular complexity index is 415. The van der Waals surface area contributed by atoms with Crippen molar-refractivity contribution in [2.24, 2.45) is 0 Å². The summed E-state index contributed by atoms with van der Waals surface area (Å²) in [5, 5.41) is 17.9. The lowest BCUT2D eigenvalue weighted by Crippen LogP contribution is -2.20. The lowest BCUT2D eigenvalue weighted by atomic mass is 10.2. The van der Waals surface area contributed by atoms with Gasteiger partial charge in [-0.05, 0) is 12.1 Å². The van der Waals surface area contributed by atoms with Gasteiger partial charge in [-0.1, -0.05) is 0 Å². The van der Waals surface area contributed by atoms with Crippen LogP contribution in [0.2, 0.25) is 0 Å². The van der Waals surface area contributed by atoms with Crippen molar-refractivity contribution in [1.82, 2.24) is 9.97 Å². The van der Waals surface area contributed by atoms with Crippen molar-refractivity contribution < 1.29 is 14.7 Å². The molecule has 2 aromatic heterocycles. The second-order valence-electron chi connectivity index (χ2n) is 2.49. The Kier molecular flexibility index (Phi) is 1.92. The summed E-state index contributed by atoms with van der Waals surface area (Å²) in [5.41, 5.74) is 0.651. The van der Waals surface area contributed by atoms with Gasteiger partial charge in [0, 0.05) is 12.4 Å². The molecule has 3 N–H and O–H groups in total. The molecule has 0 aromatic carbocycles. The van der Waals surface area contributed by atoms with E-state index in [0.717, 1.165) is 5.39 Å². The van der Waals surface area contributed by atoms with Crippen LogP contribution in [0.5, 0.6) is 5.75 Å². The number of nitrogens with zero attached hydrogens (tertiary/aromatic N) is 1. The van der Waals surface area contributed by atoms with Crippen LogP contribution in [-0.4, -0.2) is 27.3 Å². The van der Waals surface area contributed by atoms with E-state index in [0.29, 0.717) is 11.4 Å². The molecule has 0 aliphatic carbocycles. The molecule has 0 saturated carbocycles. The fourth-order valence-corrected chi connectivity index (χ4v) is 1.15. The zero-order valence-corrected chi connectivity index (χ0v) is 6.64. The van der Waals surface area contributed by atoms with Crippen molar-refractivity contribution in [3.8, 4) is 5.75 Å². The smallest absolute Gasteiger partial charge is 0.511 e. The number of hydrogen-bond acceptors (Lipinski definition) is 4. The maximum atomic E-state index is 8.61. The van der Waals surface area contributed by atoms with Crippen molar-refractivity contribution in [2.75, 3.05) is 0 Å². The molecule has 0 radical (unpaired) electrons. The van der Waals surface area contributed by atoms with Crippen molar-refractivity contribution in [3.63, 3.8) is 0 Å². The average molecular weight is 178 g/mol. The highest BCUT2D eigenvalue weighted by molar-refractivity contribution is 6.34. The minimum atomic E-state index is -1.81. The molecule has 6 heteroatoms. The summed E-state index contributed by atoms with van der Waals surface area (Å²) in [6, 6.07) is 3.32. The van der Waals surface area contributed by atoms with Gasteiger partial charge in [0.1, 0.15) is 11.4 Å². The van der Waals surface area contributed by atoms with Gasteiger partial charge in [0.2, 0.25) is 0 Å². The van der Waals surface area contributed by atoms with Gasteiger partial charge in [-0.3, -0.25) is 0 Å². The van der Waals surface area contributed by atoms with Crippen LogP contribution in [0.25, 0.3) is 11.0 Å². The quantitative estimate of drug-likeness (QED) is 0.561. The van der Waals surface area contributed by atoms with Gasteiger partial charge in [-0.25, -0.2) is 4.98 Å². The average Bonchev–Trinajstić information content (AvgIpc) is 2.51. The normalized spacial score (nSPS) is 10.3. The van der Waals surface area contributed by atoms with Gasteiger partial charge in [-0.2, -0.15) is 0 Å². The van der Waals surface area contributed by atoms with Crippen LogP contribution >= 0.6 is 0 Å². The van der Waals surface area contributed by atoms with Crippen molar-refractivity contribution in [1.29, 1.82) is 0 Å². The summed E-state index contributed by atoms with van der Waals surface area (Å²) in [6.45, 7) is 0. The van der Waals surface area contributed by atoms with Crippen LogP contribution in [0.1, 0.15) is 0 Å². The highest BCUT2D eigenvalue weighted by Crippen LogP contribution is 2.22. The first-order valence-electron chi connectivity index (χ1n) is 3.72. The molecule has 0 bridgehead atoms. The van der Waals surface area contributed by atoms with E-state index >= 15 is 0 Å². The van der Waals surface area contributed by atoms with Crippen LogP contribution in [0.3, 0.4) is 0 Å². The molecule has 0 unspecified atom stereocenters. The summed E-state index contributed by atoms with van der Waals surface area (Å²) in [4.78, 5) is 6.89. The third-order valence-corrected chi connectivity index (χ3v) is 1.65. The molecule has 0 saturated heterocycles. The van der Waals surface area contributed by atoms with E-state index in [4.69, 9.17) is 14.7 Å². The zero-order valence-electron chi connectivity index (χ0n) is 6.64. The molecular weight excluding hydrogens is 171 g/mol. The topological polar surface area (TPSA) is 78.4 Å². The fraction of sp³-hybridized carbons (Fsp3) is 0. The van der Waals surface area contributed by atoms with E-state index in [-0.39, 0.29) is 0 Å². The molecular formula is C7H7BN2O3. The minimum Gasteiger partial charge on any atom is -0.511 e. The first kappa shape index (κ1) is 8.09. The number of pyridine rings is 1. The third kappa shape index (κ3) is 1.49. The maximum absolute atomic E-state index is 8.61. The predicted octanol–water partition coefficient (Wildman–Crippen LogP) is -0.0888. The van der Waals surface area contributed by atoms with Crippen LogP contribution in [0.15, 0.2) is 24.5 Å². The van der Waals surface area contributed by atoms with Crippen LogP contribution < -0.4 is 4.65 Å². The van der Waals surface area contributed by atoms with Gasteiger partial charge < -0.3 is 19.7 Å². The highest BCUT2D eigenvalue weighted by Gasteiger charge is 2.13. The summed E-state index contributed by atoms with van der Waals surface area (Å²) >= 11 is 0. The highest BCUT2D eigenvalue weighted by atomic mass is 16.6. The molecule has 0 amide bonds. The molecule has 13 heavy (non-hydrogen) atoms. The van der Waals surface area contributed by atoms with Crippen LogP contribution in [0, 0.1) is 0 Å². The summed E-state index contributed by atoms with van der Waals surface area (Å²) in [7, 11) is -1.81. The fourth-order valence-electron chi connectivity index (χ4n) is 1.15. The Balaban J connectivity index is 2.48. The molecule has 0 aliphatic rings. The van der Waals surface area contributed by atoms with Gasteiger partial charge in [0.05, 0.1) is 5.39 Å². The van der Waals surface area contributed by atoms with E-state index < -0.39 is 7.32 Å². The first-order valence-corrected chi connectivity index (χ1v) is 3.72. The molecule has 0 fully saturated rings. The third-order valence-electron chi connectivity index (χ3n) is 1.65. The van der Waals surface area contributed by atoms with Gasteiger partial charge in [0.25, 0.3) is 0 Å². The Hall–Kier alpha value is -1.53. The number of fused-ring (bicyclic) bond motifs is 1. The molecule has 2 rings (SSSR count). The molecule has 2 aromatic rings. The summed E-state index contributed by atoms with van der Waals surface area (Å²) in [6.07, 6.45) is 3.23. The lowest BCUT2D eigenvalue weighted by Gasteiger charge is -2.04. The zero-order chi connectivity index (χ0) is 9.26. The van der Waals surface area contributed by atoms with Gasteiger partial charge >= 0.3 is 7.32 Å². The van der Waals surface area contributed by atoms with Crippen LogP contribution in [-0.2, 0) is 0 Å². The molecule has 2 heterocycles. The minimum absolute atomic E-state index is 0.390. The largest absolute Gasteiger partial charge is 0.707 e. The molecule has 0 spiro atoms. The Morgan fingerprint density at radius 2 is 2.23 bits per heavy atom. The molecule has 0 atom stereocenters. The number of nitrogens with one attached hydrogen (secondary N) is 1. The lowest BCUT2D eigenvalue weighted by molar-refractivity contribution is 0.289. The summed E-state index contributed by atoms with van der Waals surface area (Å²) < 4.78 is 4.74. The molecule has 66 valence electrons. The summed E-state index contributed by atoms with van der Waals surface area (Å²) in [5.74, 6) is 0.390. The van der Waals surface area contributed by atoms with Gasteiger partial charge in [0.15, 0.2) is 0 Å². The number of H-pyrrole nitrogens is 1. The Labute approximate surface area is 74.2 Å². The second-order valence-corrected chi connectivity index (χ2v) is 2.49. The number of aromatic nitrogens is 2. The van der Waals surface area contributed by atoms with E-state index in [1.54, 1.807) is 18.3 Å². The number of hydrogen-bond donors (Lipinski definition) is 3. The second kappa shape index (κ2) is 3.08. The van der Waals surface area contributed by atoms with Crippen molar-refractivity contribution in [3.05, 3.63) is 24.5 Å². The number of rotatable bonds is 2. The van der Waals surface area contributed by atoms with E-state index in [2.05, 4.69) is 9.97 Å². The van der Waals surface area contributed by atoms with E-state index in [1.807, 2.05) is 0 Å². The predicted molar refractivity (Wildman–Crippen MR) is 46.9 cm³/mol. The maximum Gasteiger partial charge on any atom is 0.707 e. The van der Waals surface area contributed by atoms with Crippen LogP contribution in [0.4, 0.5) is 0 Å². The standard InChI is InChI=1S/C7H7BN2O3/c11-8(12)13-6-2-4-10-7-5(6)1-3-9-7/h1-4,11-12H,(H,9,10). The Morgan fingerprint density at radius 3 is 3.00 bits per heavy atom. The van der Waals surface area contributed by atoms with Crippen molar-refractivity contribution in [2.45, 2.75) is 0 Å². The number of aromatic amines is 1. The monoisotopic (exact) mass is 178 g/mol. The van der Waals surface area contributed by atoms with Crippen molar-refractivity contribution >= 4 is 18.4 Å². The van der Waals surface area contributed by atoms with Gasteiger partial charge in [-0.15, -0.1) is 0 Å². The van der Waals surface area contributed by atoms with E-state index in [1.165, 1.54) is 6.20 Å². The SMILES string of the molecule is OB(O)Oc1ccnc2[nH]ccc12. The van der Waals surface area contributed by atoms with E-state index in [9.17, 15) is 0 Å². The molecule has 5 nitrogen and oxygen atoms in total.